The molecular formula is C15H14O3. The van der Waals surface area contributed by atoms with Gasteiger partial charge in [0.05, 0.1) is 0 Å². The molecule has 0 aromatic heterocycles. The maximum atomic E-state index is 9.63. The van der Waals surface area contributed by atoms with Gasteiger partial charge in [-0.15, -0.1) is 0 Å². The molecule has 0 unspecified atom stereocenters. The fourth-order valence-corrected chi connectivity index (χ4v) is 1.66. The van der Waals surface area contributed by atoms with E-state index in [1.165, 1.54) is 6.07 Å². The second-order valence-electron chi connectivity index (χ2n) is 3.96. The number of rotatable bonds is 3. The Kier molecular flexibility index (Phi) is 3.53. The first kappa shape index (κ1) is 12.0. The molecule has 3 N–H and O–H groups in total. The molecule has 0 bridgehead atoms. The molecule has 92 valence electrons. The summed E-state index contributed by atoms with van der Waals surface area (Å²) < 4.78 is 0. The predicted molar refractivity (Wildman–Crippen MR) is 70.6 cm³/mol. The molecule has 0 heterocycles. The number of phenolic OH excluding ortho intramolecular Hbond substituents is 3. The quantitative estimate of drug-likeness (QED) is 0.725. The van der Waals surface area contributed by atoms with Crippen LogP contribution in [0.3, 0.4) is 0 Å². The van der Waals surface area contributed by atoms with Gasteiger partial charge in [0.1, 0.15) is 0 Å². The van der Waals surface area contributed by atoms with Crippen LogP contribution in [-0.2, 0) is 6.42 Å². The van der Waals surface area contributed by atoms with Crippen LogP contribution in [0, 0.1) is 0 Å². The van der Waals surface area contributed by atoms with Crippen LogP contribution in [0.4, 0.5) is 0 Å². The lowest BCUT2D eigenvalue weighted by atomic mass is 10.1. The molecule has 0 fully saturated rings. The van der Waals surface area contributed by atoms with Crippen molar-refractivity contribution in [2.75, 3.05) is 0 Å². The number of phenols is 3. The van der Waals surface area contributed by atoms with Gasteiger partial charge in [-0.1, -0.05) is 48.6 Å². The van der Waals surface area contributed by atoms with Crippen LogP contribution < -0.4 is 0 Å². The summed E-state index contributed by atoms with van der Waals surface area (Å²) in [7, 11) is 0. The predicted octanol–water partition coefficient (Wildman–Crippen LogP) is 3.06. The monoisotopic (exact) mass is 242 g/mol. The van der Waals surface area contributed by atoms with E-state index in [9.17, 15) is 15.3 Å². The van der Waals surface area contributed by atoms with Gasteiger partial charge in [0.15, 0.2) is 11.5 Å². The lowest BCUT2D eigenvalue weighted by molar-refractivity contribution is 0.365. The summed E-state index contributed by atoms with van der Waals surface area (Å²) >= 11 is 0. The van der Waals surface area contributed by atoms with E-state index >= 15 is 0 Å². The largest absolute Gasteiger partial charge is 0.504 e. The minimum absolute atomic E-state index is 0.271. The molecule has 0 spiro atoms. The summed E-state index contributed by atoms with van der Waals surface area (Å²) in [4.78, 5) is 0. The summed E-state index contributed by atoms with van der Waals surface area (Å²) in [6.45, 7) is 0. The Hall–Kier alpha value is -2.42. The Morgan fingerprint density at radius 2 is 1.56 bits per heavy atom. The smallest absolute Gasteiger partial charge is 0.200 e. The van der Waals surface area contributed by atoms with Crippen molar-refractivity contribution < 1.29 is 15.3 Å². The van der Waals surface area contributed by atoms with Gasteiger partial charge in [-0.3, -0.25) is 0 Å². The van der Waals surface area contributed by atoms with Gasteiger partial charge in [0, 0.05) is 5.56 Å². The lowest BCUT2D eigenvalue weighted by Gasteiger charge is -2.05. The van der Waals surface area contributed by atoms with Crippen molar-refractivity contribution in [3.05, 3.63) is 59.7 Å². The van der Waals surface area contributed by atoms with Gasteiger partial charge < -0.3 is 15.3 Å². The third-order valence-corrected chi connectivity index (χ3v) is 2.66. The van der Waals surface area contributed by atoms with E-state index in [1.54, 1.807) is 6.07 Å². The van der Waals surface area contributed by atoms with Gasteiger partial charge in [0.2, 0.25) is 5.75 Å². The SMILES string of the molecule is Oc1ccc(C/C=C/c2ccccc2)c(O)c1O. The first-order valence-electron chi connectivity index (χ1n) is 5.63. The third-order valence-electron chi connectivity index (χ3n) is 2.66. The summed E-state index contributed by atoms with van der Waals surface area (Å²) in [5.74, 6) is -1.06. The molecule has 2 aromatic rings. The van der Waals surface area contributed by atoms with Crippen molar-refractivity contribution in [1.29, 1.82) is 0 Å². The summed E-state index contributed by atoms with van der Waals surface area (Å²) in [6.07, 6.45) is 4.30. The Bertz CT molecular complexity index is 559. The number of allylic oxidation sites excluding steroid dienone is 1. The number of hydrogen-bond donors (Lipinski definition) is 3. The zero-order valence-corrected chi connectivity index (χ0v) is 9.74. The Morgan fingerprint density at radius 3 is 2.28 bits per heavy atom. The molecule has 0 aliphatic heterocycles. The second-order valence-corrected chi connectivity index (χ2v) is 3.96. The summed E-state index contributed by atoms with van der Waals surface area (Å²) in [5.41, 5.74) is 1.64. The molecule has 0 saturated heterocycles. The highest BCUT2D eigenvalue weighted by molar-refractivity contribution is 5.55. The van der Waals surface area contributed by atoms with Crippen molar-refractivity contribution in [1.82, 2.24) is 0 Å². The van der Waals surface area contributed by atoms with E-state index < -0.39 is 5.75 Å². The molecule has 0 radical (unpaired) electrons. The van der Waals surface area contributed by atoms with E-state index in [0.717, 1.165) is 5.56 Å². The number of benzene rings is 2. The van der Waals surface area contributed by atoms with Crippen LogP contribution in [0.2, 0.25) is 0 Å². The lowest BCUT2D eigenvalue weighted by Crippen LogP contribution is -1.83. The summed E-state index contributed by atoms with van der Waals surface area (Å²) in [5, 5.41) is 28.2. The van der Waals surface area contributed by atoms with Gasteiger partial charge in [-0.05, 0) is 18.1 Å². The van der Waals surface area contributed by atoms with Crippen molar-refractivity contribution >= 4 is 6.08 Å². The van der Waals surface area contributed by atoms with Crippen LogP contribution in [-0.4, -0.2) is 15.3 Å². The topological polar surface area (TPSA) is 60.7 Å². The normalized spacial score (nSPS) is 10.9. The van der Waals surface area contributed by atoms with Crippen LogP contribution >= 0.6 is 0 Å². The zero-order chi connectivity index (χ0) is 13.0. The van der Waals surface area contributed by atoms with Crippen molar-refractivity contribution in [3.63, 3.8) is 0 Å². The maximum Gasteiger partial charge on any atom is 0.200 e. The molecule has 3 nitrogen and oxygen atoms in total. The van der Waals surface area contributed by atoms with Gasteiger partial charge in [-0.25, -0.2) is 0 Å². The molecule has 2 rings (SSSR count). The highest BCUT2D eigenvalue weighted by Gasteiger charge is 2.09. The van der Waals surface area contributed by atoms with E-state index in [1.807, 2.05) is 42.5 Å². The minimum atomic E-state index is -0.472. The van der Waals surface area contributed by atoms with E-state index in [2.05, 4.69) is 0 Å². The first-order valence-corrected chi connectivity index (χ1v) is 5.63. The molecule has 3 heteroatoms. The van der Waals surface area contributed by atoms with Crippen molar-refractivity contribution in [3.8, 4) is 17.2 Å². The highest BCUT2D eigenvalue weighted by atomic mass is 16.3. The average molecular weight is 242 g/mol. The fraction of sp³-hybridized carbons (Fsp3) is 0.0667. The van der Waals surface area contributed by atoms with Crippen molar-refractivity contribution in [2.45, 2.75) is 6.42 Å². The van der Waals surface area contributed by atoms with Crippen LogP contribution in [0.15, 0.2) is 48.5 Å². The number of hydrogen-bond acceptors (Lipinski definition) is 3. The summed E-state index contributed by atoms with van der Waals surface area (Å²) in [6, 6.07) is 12.7. The fourth-order valence-electron chi connectivity index (χ4n) is 1.66. The Labute approximate surface area is 105 Å². The highest BCUT2D eigenvalue weighted by Crippen LogP contribution is 2.37. The average Bonchev–Trinajstić information content (AvgIpc) is 2.40. The van der Waals surface area contributed by atoms with Crippen molar-refractivity contribution in [2.24, 2.45) is 0 Å². The molecule has 0 saturated carbocycles. The first-order chi connectivity index (χ1) is 8.68. The minimum Gasteiger partial charge on any atom is -0.504 e. The van der Waals surface area contributed by atoms with Crippen LogP contribution in [0.25, 0.3) is 6.08 Å². The van der Waals surface area contributed by atoms with E-state index in [0.29, 0.717) is 12.0 Å². The van der Waals surface area contributed by atoms with E-state index in [-0.39, 0.29) is 11.5 Å². The molecule has 0 atom stereocenters. The van der Waals surface area contributed by atoms with Gasteiger partial charge in [0.25, 0.3) is 0 Å². The maximum absolute atomic E-state index is 9.63. The molecule has 0 aliphatic carbocycles. The second kappa shape index (κ2) is 5.27. The Balaban J connectivity index is 2.12. The molecule has 0 amide bonds. The Morgan fingerprint density at radius 1 is 0.833 bits per heavy atom. The van der Waals surface area contributed by atoms with Crippen LogP contribution in [0.1, 0.15) is 11.1 Å². The zero-order valence-electron chi connectivity index (χ0n) is 9.74. The molecule has 2 aromatic carbocycles. The van der Waals surface area contributed by atoms with Gasteiger partial charge in [-0.2, -0.15) is 0 Å². The van der Waals surface area contributed by atoms with Gasteiger partial charge >= 0.3 is 0 Å². The third kappa shape index (κ3) is 2.63. The molecule has 0 aliphatic rings. The molecule has 18 heavy (non-hydrogen) atoms. The standard InChI is InChI=1S/C15H14O3/c16-13-10-9-12(14(17)15(13)18)8-4-7-11-5-2-1-3-6-11/h1-7,9-10,16-18H,8H2/b7-4+. The molecular weight excluding hydrogens is 228 g/mol. The number of aromatic hydroxyl groups is 3. The van der Waals surface area contributed by atoms with Crippen LogP contribution in [0.5, 0.6) is 17.2 Å². The van der Waals surface area contributed by atoms with E-state index in [4.69, 9.17) is 0 Å².